The first-order valence-corrected chi connectivity index (χ1v) is 8.72. The summed E-state index contributed by atoms with van der Waals surface area (Å²) in [5.41, 5.74) is 0.992. The van der Waals surface area contributed by atoms with Crippen LogP contribution in [0.1, 0.15) is 12.5 Å². The fourth-order valence-electron chi connectivity index (χ4n) is 2.75. The van der Waals surface area contributed by atoms with E-state index in [1.807, 2.05) is 42.5 Å². The fraction of sp³-hybridized carbons (Fsp3) is 0.143. The quantitative estimate of drug-likeness (QED) is 0.272. The third-order valence-electron chi connectivity index (χ3n) is 4.04. The molecular formula is C21H17N3O5. The summed E-state index contributed by atoms with van der Waals surface area (Å²) in [4.78, 5) is 23.3. The van der Waals surface area contributed by atoms with E-state index in [1.165, 1.54) is 18.2 Å². The predicted molar refractivity (Wildman–Crippen MR) is 107 cm³/mol. The summed E-state index contributed by atoms with van der Waals surface area (Å²) >= 11 is 0. The lowest BCUT2D eigenvalue weighted by molar-refractivity contribution is -0.384. The van der Waals surface area contributed by atoms with Gasteiger partial charge < -0.3 is 14.8 Å². The predicted octanol–water partition coefficient (Wildman–Crippen LogP) is 3.86. The Balaban J connectivity index is 1.87. The fourth-order valence-corrected chi connectivity index (χ4v) is 2.75. The second-order valence-electron chi connectivity index (χ2n) is 6.19. The Hall–Kier alpha value is -4.12. The number of nitriles is 1. The van der Waals surface area contributed by atoms with Crippen LogP contribution in [0, 0.1) is 21.4 Å². The maximum Gasteiger partial charge on any atom is 0.296 e. The number of rotatable bonds is 5. The van der Waals surface area contributed by atoms with Crippen molar-refractivity contribution in [3.8, 4) is 17.6 Å². The van der Waals surface area contributed by atoms with Gasteiger partial charge in [-0.3, -0.25) is 14.9 Å². The molecule has 0 aliphatic carbocycles. The normalized spacial score (nSPS) is 13.4. The third kappa shape index (κ3) is 4.78. The molecule has 0 atom stereocenters. The number of benzene rings is 2. The zero-order valence-electron chi connectivity index (χ0n) is 15.5. The van der Waals surface area contributed by atoms with Crippen LogP contribution < -0.4 is 14.8 Å². The average molecular weight is 391 g/mol. The first-order valence-electron chi connectivity index (χ1n) is 8.72. The van der Waals surface area contributed by atoms with Crippen LogP contribution in [0.3, 0.4) is 0 Å². The number of hydrogen-bond donors (Lipinski definition) is 1. The number of allylic oxidation sites excluding steroid dienone is 2. The standard InChI is InChI=1S/C21H17N3O5/c1-14(9-15-5-3-2-4-6-15)10-16(13-22)21(25)23-17-11-19-20(29-8-7-28-19)12-18(17)24(26)27/h2-6,9-12H,7-8H2,1H3,(H,23,25)/b14-9+,16-10+. The van der Waals surface area contributed by atoms with Crippen LogP contribution in [-0.2, 0) is 4.79 Å². The van der Waals surface area contributed by atoms with E-state index >= 15 is 0 Å². The summed E-state index contributed by atoms with van der Waals surface area (Å²) < 4.78 is 10.7. The van der Waals surface area contributed by atoms with Gasteiger partial charge in [-0.1, -0.05) is 36.4 Å². The molecule has 0 saturated heterocycles. The number of nitrogens with one attached hydrogen (secondary N) is 1. The van der Waals surface area contributed by atoms with Gasteiger partial charge in [0.25, 0.3) is 11.6 Å². The maximum absolute atomic E-state index is 12.6. The summed E-state index contributed by atoms with van der Waals surface area (Å²) in [6.45, 7) is 2.33. The Labute approximate surface area is 166 Å². The van der Waals surface area contributed by atoms with Gasteiger partial charge in [-0.2, -0.15) is 5.26 Å². The number of carbonyl (C=O) groups excluding carboxylic acids is 1. The second kappa shape index (κ2) is 8.71. The molecular weight excluding hydrogens is 374 g/mol. The molecule has 146 valence electrons. The van der Waals surface area contributed by atoms with Crippen LogP contribution in [0.15, 0.2) is 59.7 Å². The second-order valence-corrected chi connectivity index (χ2v) is 6.19. The summed E-state index contributed by atoms with van der Waals surface area (Å²) in [5.74, 6) is -0.230. The zero-order chi connectivity index (χ0) is 20.8. The van der Waals surface area contributed by atoms with Gasteiger partial charge in [0, 0.05) is 6.07 Å². The summed E-state index contributed by atoms with van der Waals surface area (Å²) in [5, 5.41) is 23.2. The highest BCUT2D eigenvalue weighted by Gasteiger charge is 2.24. The van der Waals surface area contributed by atoms with Crippen LogP contribution in [0.2, 0.25) is 0 Å². The van der Waals surface area contributed by atoms with Crippen LogP contribution in [-0.4, -0.2) is 24.0 Å². The third-order valence-corrected chi connectivity index (χ3v) is 4.04. The van der Waals surface area contributed by atoms with Gasteiger partial charge in [-0.15, -0.1) is 0 Å². The lowest BCUT2D eigenvalue weighted by Gasteiger charge is -2.19. The van der Waals surface area contributed by atoms with E-state index in [4.69, 9.17) is 9.47 Å². The number of nitro groups is 1. The van der Waals surface area contributed by atoms with Crippen LogP contribution >= 0.6 is 0 Å². The van der Waals surface area contributed by atoms with Crippen molar-refractivity contribution in [2.24, 2.45) is 0 Å². The molecule has 1 heterocycles. The molecule has 0 radical (unpaired) electrons. The van der Waals surface area contributed by atoms with Crippen molar-refractivity contribution in [2.45, 2.75) is 6.92 Å². The van der Waals surface area contributed by atoms with Crippen molar-refractivity contribution in [2.75, 3.05) is 18.5 Å². The molecule has 1 amide bonds. The van der Waals surface area contributed by atoms with Crippen molar-refractivity contribution < 1.29 is 19.2 Å². The molecule has 1 N–H and O–H groups in total. The van der Waals surface area contributed by atoms with E-state index in [0.29, 0.717) is 17.9 Å². The number of hydrogen-bond acceptors (Lipinski definition) is 6. The SMILES string of the molecule is CC(=C\c1ccccc1)/C=C(\C#N)C(=O)Nc1cc2c(cc1[N+](=O)[O-])OCCO2. The maximum atomic E-state index is 12.6. The largest absolute Gasteiger partial charge is 0.486 e. The molecule has 1 aliphatic rings. The van der Waals surface area contributed by atoms with Gasteiger partial charge in [-0.05, 0) is 24.1 Å². The van der Waals surface area contributed by atoms with E-state index in [9.17, 15) is 20.2 Å². The number of anilines is 1. The number of fused-ring (bicyclic) bond motifs is 1. The first kappa shape index (κ1) is 19.6. The van der Waals surface area contributed by atoms with E-state index in [1.54, 1.807) is 6.92 Å². The molecule has 2 aromatic rings. The Bertz CT molecular complexity index is 1050. The molecule has 2 aromatic carbocycles. The van der Waals surface area contributed by atoms with Crippen molar-refractivity contribution >= 4 is 23.4 Å². The topological polar surface area (TPSA) is 114 Å². The van der Waals surface area contributed by atoms with E-state index in [-0.39, 0.29) is 29.3 Å². The van der Waals surface area contributed by atoms with Crippen molar-refractivity contribution in [1.82, 2.24) is 0 Å². The highest BCUT2D eigenvalue weighted by molar-refractivity contribution is 6.08. The molecule has 3 rings (SSSR count). The lowest BCUT2D eigenvalue weighted by atomic mass is 10.1. The summed E-state index contributed by atoms with van der Waals surface area (Å²) in [6, 6.07) is 13.8. The van der Waals surface area contributed by atoms with E-state index in [2.05, 4.69) is 5.32 Å². The van der Waals surface area contributed by atoms with Gasteiger partial charge in [0.15, 0.2) is 11.5 Å². The highest BCUT2D eigenvalue weighted by Crippen LogP contribution is 2.39. The summed E-state index contributed by atoms with van der Waals surface area (Å²) in [6.07, 6.45) is 3.24. The number of amides is 1. The molecule has 1 aliphatic heterocycles. The first-order chi connectivity index (χ1) is 14.0. The lowest BCUT2D eigenvalue weighted by Crippen LogP contribution is -2.18. The molecule has 0 bridgehead atoms. The molecule has 0 spiro atoms. The summed E-state index contributed by atoms with van der Waals surface area (Å²) in [7, 11) is 0. The van der Waals surface area contributed by atoms with Crippen molar-refractivity contribution in [1.29, 1.82) is 5.26 Å². The van der Waals surface area contributed by atoms with E-state index < -0.39 is 10.8 Å². The van der Waals surface area contributed by atoms with Crippen molar-refractivity contribution in [3.63, 3.8) is 0 Å². The Kier molecular flexibility index (Phi) is 5.90. The highest BCUT2D eigenvalue weighted by atomic mass is 16.6. The average Bonchev–Trinajstić information content (AvgIpc) is 2.72. The number of nitro benzene ring substituents is 1. The van der Waals surface area contributed by atoms with Gasteiger partial charge in [0.2, 0.25) is 0 Å². The number of ether oxygens (including phenoxy) is 2. The molecule has 29 heavy (non-hydrogen) atoms. The van der Waals surface area contributed by atoms with Gasteiger partial charge in [-0.25, -0.2) is 0 Å². The monoisotopic (exact) mass is 391 g/mol. The zero-order valence-corrected chi connectivity index (χ0v) is 15.5. The van der Waals surface area contributed by atoms with Crippen LogP contribution in [0.5, 0.6) is 11.5 Å². The smallest absolute Gasteiger partial charge is 0.296 e. The Morgan fingerprint density at radius 3 is 2.48 bits per heavy atom. The molecule has 0 aromatic heterocycles. The van der Waals surface area contributed by atoms with Crippen molar-refractivity contribution in [3.05, 3.63) is 75.4 Å². The van der Waals surface area contributed by atoms with Gasteiger partial charge in [0.05, 0.1) is 11.0 Å². The number of nitrogens with zero attached hydrogens (tertiary/aromatic N) is 2. The van der Waals surface area contributed by atoms with E-state index in [0.717, 1.165) is 5.56 Å². The molecule has 8 nitrogen and oxygen atoms in total. The Morgan fingerprint density at radius 1 is 1.21 bits per heavy atom. The van der Waals surface area contributed by atoms with Crippen LogP contribution in [0.4, 0.5) is 11.4 Å². The van der Waals surface area contributed by atoms with Gasteiger partial charge >= 0.3 is 0 Å². The molecule has 0 saturated carbocycles. The van der Waals surface area contributed by atoms with Crippen LogP contribution in [0.25, 0.3) is 6.08 Å². The minimum Gasteiger partial charge on any atom is -0.486 e. The number of carbonyl (C=O) groups is 1. The minimum absolute atomic E-state index is 0.0740. The molecule has 8 heteroatoms. The molecule has 0 unspecified atom stereocenters. The minimum atomic E-state index is -0.756. The van der Waals surface area contributed by atoms with Gasteiger partial charge in [0.1, 0.15) is 30.5 Å². The Morgan fingerprint density at radius 2 is 1.86 bits per heavy atom. The molecule has 0 fully saturated rings.